The van der Waals surface area contributed by atoms with E-state index in [1.165, 1.54) is 0 Å². The van der Waals surface area contributed by atoms with Crippen molar-refractivity contribution in [1.82, 2.24) is 4.98 Å². The van der Waals surface area contributed by atoms with Crippen molar-refractivity contribution < 1.29 is 8.94 Å². The molecule has 0 spiro atoms. The maximum atomic E-state index is 14.0. The number of pyridine rings is 1. The molecule has 0 aliphatic rings. The van der Waals surface area contributed by atoms with E-state index in [-0.39, 0.29) is 12.1 Å². The highest BCUT2D eigenvalue weighted by atomic mass is 79.9. The number of nitrogens with zero attached hydrogens (tertiary/aromatic N) is 2. The van der Waals surface area contributed by atoms with Gasteiger partial charge in [-0.3, -0.25) is 0 Å². The molecule has 1 heterocycles. The van der Waals surface area contributed by atoms with Crippen molar-refractivity contribution in [3.05, 3.63) is 28.5 Å². The van der Waals surface area contributed by atoms with Crippen molar-refractivity contribution in [2.24, 2.45) is 4.40 Å². The zero-order chi connectivity index (χ0) is 14.6. The monoisotopic (exact) mass is 348 g/mol. The molecule has 106 valence electrons. The van der Waals surface area contributed by atoms with Gasteiger partial charge in [0.2, 0.25) is 0 Å². The fourth-order valence-electron chi connectivity index (χ4n) is 1.23. The normalized spacial score (nSPS) is 16.3. The smallest absolute Gasteiger partial charge is 0.151 e. The molecule has 2 unspecified atom stereocenters. The summed E-state index contributed by atoms with van der Waals surface area (Å²) in [5.41, 5.74) is 0.568. The molecule has 1 rings (SSSR count). The summed E-state index contributed by atoms with van der Waals surface area (Å²) >= 11 is 1.74. The molecule has 1 aromatic heterocycles. The minimum atomic E-state index is -1.50. The molecule has 0 saturated heterocycles. The van der Waals surface area contributed by atoms with Crippen molar-refractivity contribution in [2.45, 2.75) is 45.0 Å². The van der Waals surface area contributed by atoms with E-state index >= 15 is 0 Å². The van der Waals surface area contributed by atoms with E-state index in [1.807, 2.05) is 0 Å². The Hall–Kier alpha value is -0.460. The van der Waals surface area contributed by atoms with E-state index in [0.29, 0.717) is 10.3 Å². The number of aromatic nitrogens is 1. The van der Waals surface area contributed by atoms with Gasteiger partial charge in [-0.05, 0) is 55.3 Å². The zero-order valence-electron chi connectivity index (χ0n) is 11.5. The number of hydrogen-bond acceptors (Lipinski definition) is 3. The second kappa shape index (κ2) is 6.81. The lowest BCUT2D eigenvalue weighted by Gasteiger charge is -2.20. The summed E-state index contributed by atoms with van der Waals surface area (Å²) in [5.74, 6) is 0. The van der Waals surface area contributed by atoms with Crippen LogP contribution in [0.5, 0.6) is 0 Å². The van der Waals surface area contributed by atoms with Gasteiger partial charge >= 0.3 is 0 Å². The Morgan fingerprint density at radius 3 is 2.63 bits per heavy atom. The Morgan fingerprint density at radius 2 is 2.16 bits per heavy atom. The van der Waals surface area contributed by atoms with Crippen LogP contribution in [0.15, 0.2) is 27.2 Å². The summed E-state index contributed by atoms with van der Waals surface area (Å²) in [6.07, 6.45) is -0.998. The first-order chi connectivity index (χ1) is 8.75. The molecule has 0 amide bonds. The highest BCUT2D eigenvalue weighted by molar-refractivity contribution is 9.10. The van der Waals surface area contributed by atoms with Gasteiger partial charge in [-0.15, -0.1) is 0 Å². The van der Waals surface area contributed by atoms with E-state index in [2.05, 4.69) is 25.3 Å². The van der Waals surface area contributed by atoms with E-state index in [4.69, 9.17) is 0 Å². The summed E-state index contributed by atoms with van der Waals surface area (Å²) in [4.78, 5) is 4.19. The highest BCUT2D eigenvalue weighted by Crippen LogP contribution is 2.20. The Labute approximate surface area is 125 Å². The van der Waals surface area contributed by atoms with Gasteiger partial charge in [-0.2, -0.15) is 0 Å². The molecule has 0 aliphatic carbocycles. The van der Waals surface area contributed by atoms with Crippen LogP contribution in [-0.4, -0.2) is 26.2 Å². The molecule has 2 atom stereocenters. The maximum Gasteiger partial charge on any atom is 0.151 e. The summed E-state index contributed by atoms with van der Waals surface area (Å²) in [6, 6.07) is 5.18. The molecule has 3 nitrogen and oxygen atoms in total. The van der Waals surface area contributed by atoms with E-state index < -0.39 is 22.3 Å². The summed E-state index contributed by atoms with van der Waals surface area (Å²) in [5, 5.41) is 0. The molecule has 0 N–H and O–H groups in total. The van der Waals surface area contributed by atoms with E-state index in [9.17, 15) is 8.94 Å². The zero-order valence-corrected chi connectivity index (χ0v) is 13.9. The van der Waals surface area contributed by atoms with Crippen molar-refractivity contribution in [2.75, 3.05) is 0 Å². The van der Waals surface area contributed by atoms with Crippen LogP contribution in [0.1, 0.15) is 39.8 Å². The van der Waals surface area contributed by atoms with Gasteiger partial charge in [0.25, 0.3) is 0 Å². The summed E-state index contributed by atoms with van der Waals surface area (Å²) in [7, 11) is 0. The standard InChI is InChI=1S/C13H18BrFN2OS/c1-5-9(15)12(17-19(18)13(2,3)4)10-7-6-8-11(14)16-10/h6-9H,5H2,1-4H3. The van der Waals surface area contributed by atoms with Crippen molar-refractivity contribution >= 4 is 33.0 Å². The SMILES string of the molecule is CCC(F)C(=N[S+]([O-])C(C)(C)C)c1cccc(Br)n1. The van der Waals surface area contributed by atoms with Crippen LogP contribution in [0.2, 0.25) is 0 Å². The van der Waals surface area contributed by atoms with Gasteiger partial charge < -0.3 is 4.55 Å². The Bertz CT molecular complexity index is 462. The van der Waals surface area contributed by atoms with Gasteiger partial charge in [-0.25, -0.2) is 9.37 Å². The van der Waals surface area contributed by atoms with Gasteiger partial charge in [0.15, 0.2) is 5.71 Å². The van der Waals surface area contributed by atoms with Crippen molar-refractivity contribution in [1.29, 1.82) is 0 Å². The number of halogens is 2. The molecule has 19 heavy (non-hydrogen) atoms. The second-order valence-electron chi connectivity index (χ2n) is 5.06. The van der Waals surface area contributed by atoms with Crippen LogP contribution in [0.3, 0.4) is 0 Å². The number of rotatable bonds is 4. The molecule has 0 radical (unpaired) electrons. The van der Waals surface area contributed by atoms with Gasteiger partial charge in [-0.1, -0.05) is 17.4 Å². The van der Waals surface area contributed by atoms with Crippen LogP contribution in [0.4, 0.5) is 4.39 Å². The molecule has 0 bridgehead atoms. The van der Waals surface area contributed by atoms with Crippen LogP contribution < -0.4 is 0 Å². The topological polar surface area (TPSA) is 48.3 Å². The molecule has 0 aromatic carbocycles. The average Bonchev–Trinajstić information content (AvgIpc) is 2.33. The third-order valence-electron chi connectivity index (χ3n) is 2.34. The number of alkyl halides is 1. The summed E-state index contributed by atoms with van der Waals surface area (Å²) < 4.78 is 30.2. The van der Waals surface area contributed by atoms with Crippen molar-refractivity contribution in [3.8, 4) is 0 Å². The van der Waals surface area contributed by atoms with Crippen molar-refractivity contribution in [3.63, 3.8) is 0 Å². The third kappa shape index (κ3) is 4.85. The average molecular weight is 349 g/mol. The van der Waals surface area contributed by atoms with Gasteiger partial charge in [0.05, 0.1) is 5.69 Å². The van der Waals surface area contributed by atoms with Crippen LogP contribution in [0.25, 0.3) is 0 Å². The highest BCUT2D eigenvalue weighted by Gasteiger charge is 2.29. The predicted molar refractivity (Wildman–Crippen MR) is 81.6 cm³/mol. The molecule has 0 aliphatic heterocycles. The number of hydrogen-bond donors (Lipinski definition) is 0. The molecule has 0 fully saturated rings. The lowest BCUT2D eigenvalue weighted by Crippen LogP contribution is -2.29. The van der Waals surface area contributed by atoms with E-state index in [1.54, 1.807) is 45.9 Å². The van der Waals surface area contributed by atoms with Crippen LogP contribution >= 0.6 is 15.9 Å². The van der Waals surface area contributed by atoms with Gasteiger partial charge in [0.1, 0.15) is 26.9 Å². The molecule has 6 heteroatoms. The largest absolute Gasteiger partial charge is 0.591 e. The first-order valence-electron chi connectivity index (χ1n) is 6.03. The maximum absolute atomic E-state index is 14.0. The molecular formula is C13H18BrFN2OS. The molecular weight excluding hydrogens is 331 g/mol. The Morgan fingerprint density at radius 1 is 1.53 bits per heavy atom. The van der Waals surface area contributed by atoms with Crippen LogP contribution in [0, 0.1) is 0 Å². The predicted octanol–water partition coefficient (Wildman–Crippen LogP) is 3.84. The van der Waals surface area contributed by atoms with Gasteiger partial charge in [0, 0.05) is 0 Å². The lowest BCUT2D eigenvalue weighted by molar-refractivity contribution is 0.414. The molecule has 1 aromatic rings. The first-order valence-corrected chi connectivity index (χ1v) is 7.93. The Kier molecular flexibility index (Phi) is 5.95. The second-order valence-corrected chi connectivity index (χ2v) is 7.78. The van der Waals surface area contributed by atoms with Crippen LogP contribution in [-0.2, 0) is 11.4 Å². The minimum absolute atomic E-state index is 0.150. The first kappa shape index (κ1) is 16.6. The fraction of sp³-hybridized carbons (Fsp3) is 0.538. The lowest BCUT2D eigenvalue weighted by atomic mass is 10.1. The minimum Gasteiger partial charge on any atom is -0.591 e. The third-order valence-corrected chi connectivity index (χ3v) is 4.19. The molecule has 0 saturated carbocycles. The fourth-order valence-corrected chi connectivity index (χ4v) is 2.24. The quantitative estimate of drug-likeness (QED) is 0.471. The Balaban J connectivity index is 3.19. The van der Waals surface area contributed by atoms with E-state index in [0.717, 1.165) is 0 Å². The summed E-state index contributed by atoms with van der Waals surface area (Å²) in [6.45, 7) is 7.13.